The van der Waals surface area contributed by atoms with Crippen molar-refractivity contribution < 1.29 is 17.7 Å². The van der Waals surface area contributed by atoms with Gasteiger partial charge in [-0.1, -0.05) is 5.16 Å². The van der Waals surface area contributed by atoms with Gasteiger partial charge in [0.1, 0.15) is 0 Å². The Kier molecular flexibility index (Phi) is 3.67. The lowest BCUT2D eigenvalue weighted by Crippen LogP contribution is -2.13. The minimum atomic E-state index is -4.19. The molecule has 1 unspecified atom stereocenters. The van der Waals surface area contributed by atoms with Crippen LogP contribution in [0.3, 0.4) is 0 Å². The van der Waals surface area contributed by atoms with Gasteiger partial charge >= 0.3 is 6.18 Å². The third-order valence-electron chi connectivity index (χ3n) is 1.92. The van der Waals surface area contributed by atoms with E-state index in [1.54, 1.807) is 14.0 Å². The molecular formula is C8H12F3N3O. The lowest BCUT2D eigenvalue weighted by Gasteiger charge is -2.02. The molecule has 0 aliphatic carbocycles. The van der Waals surface area contributed by atoms with E-state index < -0.39 is 12.6 Å². The Bertz CT molecular complexity index is 310. The molecule has 7 heteroatoms. The molecule has 0 radical (unpaired) electrons. The van der Waals surface area contributed by atoms with E-state index in [4.69, 9.17) is 4.52 Å². The first-order chi connectivity index (χ1) is 6.92. The summed E-state index contributed by atoms with van der Waals surface area (Å²) in [6.07, 6.45) is -5.36. The van der Waals surface area contributed by atoms with Gasteiger partial charge in [0, 0.05) is 6.42 Å². The van der Waals surface area contributed by atoms with E-state index in [9.17, 15) is 13.2 Å². The van der Waals surface area contributed by atoms with E-state index >= 15 is 0 Å². The van der Waals surface area contributed by atoms with Crippen LogP contribution >= 0.6 is 0 Å². The molecule has 1 aromatic rings. The fraction of sp³-hybridized carbons (Fsp3) is 0.750. The molecule has 1 rings (SSSR count). The van der Waals surface area contributed by atoms with Crippen molar-refractivity contribution in [2.75, 3.05) is 7.05 Å². The summed E-state index contributed by atoms with van der Waals surface area (Å²) >= 11 is 0. The van der Waals surface area contributed by atoms with E-state index in [0.717, 1.165) is 0 Å². The molecule has 0 bridgehead atoms. The highest BCUT2D eigenvalue weighted by molar-refractivity contribution is 4.91. The molecule has 0 fully saturated rings. The van der Waals surface area contributed by atoms with Crippen molar-refractivity contribution in [1.29, 1.82) is 0 Å². The van der Waals surface area contributed by atoms with Gasteiger partial charge in [-0.15, -0.1) is 0 Å². The van der Waals surface area contributed by atoms with Gasteiger partial charge in [0.05, 0.1) is 12.5 Å². The first-order valence-electron chi connectivity index (χ1n) is 4.49. The molecule has 15 heavy (non-hydrogen) atoms. The summed E-state index contributed by atoms with van der Waals surface area (Å²) in [7, 11) is 1.70. The predicted molar refractivity (Wildman–Crippen MR) is 46.1 cm³/mol. The van der Waals surface area contributed by atoms with E-state index in [0.29, 0.717) is 5.89 Å². The number of hydrogen-bond acceptors (Lipinski definition) is 4. The molecule has 0 aromatic carbocycles. The highest BCUT2D eigenvalue weighted by Gasteiger charge is 2.27. The molecule has 0 saturated heterocycles. The van der Waals surface area contributed by atoms with E-state index in [1.165, 1.54) is 0 Å². The number of nitrogens with one attached hydrogen (secondary N) is 1. The van der Waals surface area contributed by atoms with Crippen molar-refractivity contribution in [3.63, 3.8) is 0 Å². The molecule has 4 nitrogen and oxygen atoms in total. The monoisotopic (exact) mass is 223 g/mol. The zero-order valence-electron chi connectivity index (χ0n) is 8.43. The number of halogens is 3. The Morgan fingerprint density at radius 2 is 2.13 bits per heavy atom. The van der Waals surface area contributed by atoms with E-state index in [-0.39, 0.29) is 18.3 Å². The molecule has 0 aliphatic heterocycles. The number of hydrogen-bond donors (Lipinski definition) is 1. The first-order valence-corrected chi connectivity index (χ1v) is 4.49. The molecular weight excluding hydrogens is 211 g/mol. The summed E-state index contributed by atoms with van der Waals surface area (Å²) in [5.74, 6) is 0.388. The third-order valence-corrected chi connectivity index (χ3v) is 1.92. The second-order valence-electron chi connectivity index (χ2n) is 3.17. The average molecular weight is 223 g/mol. The number of rotatable bonds is 4. The average Bonchev–Trinajstić information content (AvgIpc) is 2.61. The highest BCUT2D eigenvalue weighted by atomic mass is 19.4. The van der Waals surface area contributed by atoms with E-state index in [2.05, 4.69) is 15.5 Å². The number of alkyl halides is 3. The van der Waals surface area contributed by atoms with Crippen molar-refractivity contribution >= 4 is 0 Å². The van der Waals surface area contributed by atoms with Crippen LogP contribution < -0.4 is 5.32 Å². The van der Waals surface area contributed by atoms with Crippen LogP contribution in [0.1, 0.15) is 31.1 Å². The predicted octanol–water partition coefficient (Wildman–Crippen LogP) is 1.84. The van der Waals surface area contributed by atoms with Gasteiger partial charge in [0.2, 0.25) is 5.89 Å². The molecule has 1 N–H and O–H groups in total. The van der Waals surface area contributed by atoms with Crippen molar-refractivity contribution in [3.8, 4) is 0 Å². The van der Waals surface area contributed by atoms with Crippen molar-refractivity contribution in [1.82, 2.24) is 15.5 Å². The molecule has 1 aromatic heterocycles. The highest BCUT2D eigenvalue weighted by Crippen LogP contribution is 2.21. The molecule has 86 valence electrons. The number of nitrogens with zero attached hydrogens (tertiary/aromatic N) is 2. The van der Waals surface area contributed by atoms with Gasteiger partial charge in [-0.05, 0) is 14.0 Å². The van der Waals surface area contributed by atoms with Crippen LogP contribution in [-0.4, -0.2) is 23.4 Å². The Morgan fingerprint density at radius 3 is 2.67 bits per heavy atom. The summed E-state index contributed by atoms with van der Waals surface area (Å²) in [4.78, 5) is 3.84. The van der Waals surface area contributed by atoms with Crippen molar-refractivity contribution in [3.05, 3.63) is 11.7 Å². The van der Waals surface area contributed by atoms with Gasteiger partial charge < -0.3 is 9.84 Å². The maximum Gasteiger partial charge on any atom is 0.389 e. The summed E-state index contributed by atoms with van der Waals surface area (Å²) in [5.41, 5.74) is 0. The van der Waals surface area contributed by atoms with Crippen LogP contribution in [0.15, 0.2) is 4.52 Å². The minimum absolute atomic E-state index is 0.0874. The number of aryl methyl sites for hydroxylation is 1. The molecule has 0 amide bonds. The molecule has 0 saturated carbocycles. The molecule has 0 spiro atoms. The molecule has 0 aliphatic rings. The maximum absolute atomic E-state index is 11.9. The summed E-state index contributed by atoms with van der Waals surface area (Å²) in [6.45, 7) is 1.78. The molecule has 1 heterocycles. The normalized spacial score (nSPS) is 14.2. The van der Waals surface area contributed by atoms with Crippen LogP contribution in [0, 0.1) is 0 Å². The standard InChI is InChI=1S/C8H12F3N3O/c1-5(12-2)7-13-6(14-15-7)3-4-8(9,10)11/h5,12H,3-4H2,1-2H3. The summed E-state index contributed by atoms with van der Waals surface area (Å²) < 4.78 is 40.4. The van der Waals surface area contributed by atoms with Gasteiger partial charge in [-0.25, -0.2) is 0 Å². The van der Waals surface area contributed by atoms with Crippen LogP contribution in [0.4, 0.5) is 13.2 Å². The largest absolute Gasteiger partial charge is 0.389 e. The minimum Gasteiger partial charge on any atom is -0.338 e. The first kappa shape index (κ1) is 12.0. The summed E-state index contributed by atoms with van der Waals surface area (Å²) in [5, 5.41) is 6.31. The van der Waals surface area contributed by atoms with Crippen LogP contribution in [-0.2, 0) is 6.42 Å². The lowest BCUT2D eigenvalue weighted by atomic mass is 10.3. The van der Waals surface area contributed by atoms with Gasteiger partial charge in [0.25, 0.3) is 0 Å². The second-order valence-corrected chi connectivity index (χ2v) is 3.17. The van der Waals surface area contributed by atoms with Gasteiger partial charge in [-0.3, -0.25) is 0 Å². The third kappa shape index (κ3) is 3.86. The van der Waals surface area contributed by atoms with Gasteiger partial charge in [-0.2, -0.15) is 18.2 Å². The van der Waals surface area contributed by atoms with Crippen molar-refractivity contribution in [2.24, 2.45) is 0 Å². The Labute approximate surface area is 84.9 Å². The SMILES string of the molecule is CNC(C)c1nc(CCC(F)(F)F)no1. The zero-order valence-corrected chi connectivity index (χ0v) is 8.43. The number of aromatic nitrogens is 2. The van der Waals surface area contributed by atoms with Crippen LogP contribution in [0.2, 0.25) is 0 Å². The van der Waals surface area contributed by atoms with Crippen LogP contribution in [0.25, 0.3) is 0 Å². The Balaban J connectivity index is 2.53. The zero-order chi connectivity index (χ0) is 11.5. The maximum atomic E-state index is 11.9. The Morgan fingerprint density at radius 1 is 1.47 bits per heavy atom. The van der Waals surface area contributed by atoms with Gasteiger partial charge in [0.15, 0.2) is 5.82 Å². The fourth-order valence-corrected chi connectivity index (χ4v) is 0.922. The topological polar surface area (TPSA) is 51.0 Å². The Hall–Kier alpha value is -1.11. The van der Waals surface area contributed by atoms with Crippen LogP contribution in [0.5, 0.6) is 0 Å². The lowest BCUT2D eigenvalue weighted by molar-refractivity contribution is -0.134. The second kappa shape index (κ2) is 4.61. The smallest absolute Gasteiger partial charge is 0.338 e. The summed E-state index contributed by atoms with van der Waals surface area (Å²) in [6, 6.07) is -0.155. The molecule has 1 atom stereocenters. The quantitative estimate of drug-likeness (QED) is 0.846. The fourth-order valence-electron chi connectivity index (χ4n) is 0.922. The van der Waals surface area contributed by atoms with E-state index in [1.807, 2.05) is 0 Å². The van der Waals surface area contributed by atoms with Crippen molar-refractivity contribution in [2.45, 2.75) is 32.0 Å².